The molecule has 0 saturated heterocycles. The summed E-state index contributed by atoms with van der Waals surface area (Å²) in [6, 6.07) is 13.5. The molecule has 0 amide bonds. The molecule has 0 spiro atoms. The van der Waals surface area contributed by atoms with Crippen molar-refractivity contribution in [2.45, 2.75) is 4.90 Å². The average molecular weight is 458 g/mol. The number of fused-ring (bicyclic) bond motifs is 1. The van der Waals surface area contributed by atoms with Crippen LogP contribution >= 0.6 is 0 Å². The van der Waals surface area contributed by atoms with Crippen molar-refractivity contribution < 1.29 is 22.3 Å². The van der Waals surface area contributed by atoms with Crippen LogP contribution in [0.3, 0.4) is 0 Å². The van der Waals surface area contributed by atoms with Gasteiger partial charge in [-0.15, -0.1) is 0 Å². The Morgan fingerprint density at radius 2 is 1.28 bits per heavy atom. The van der Waals surface area contributed by atoms with Crippen LogP contribution in [0.2, 0.25) is 0 Å². The molecular weight excluding hydrogens is 433 g/mol. The normalized spacial score (nSPS) is 12.7. The topological polar surface area (TPSA) is 85.1 Å². The smallest absolute Gasteiger partial charge is 0.238 e. The number of ether oxygens (including phenoxy) is 2. The number of rotatable bonds is 5. The van der Waals surface area contributed by atoms with Gasteiger partial charge in [0, 0.05) is 28.2 Å². The fourth-order valence-electron chi connectivity index (χ4n) is 3.64. The van der Waals surface area contributed by atoms with Gasteiger partial charge < -0.3 is 19.3 Å². The van der Waals surface area contributed by atoms with E-state index < -0.39 is 10.0 Å². The summed E-state index contributed by atoms with van der Waals surface area (Å²) >= 11 is 0. The third kappa shape index (κ3) is 3.96. The van der Waals surface area contributed by atoms with Crippen LogP contribution < -0.4 is 24.4 Å². The number of primary sulfonamides is 1. The van der Waals surface area contributed by atoms with Crippen LogP contribution in [0.5, 0.6) is 11.5 Å². The summed E-state index contributed by atoms with van der Waals surface area (Å²) in [6.45, 7) is 0.109. The zero-order valence-electron chi connectivity index (χ0n) is 18.2. The highest BCUT2D eigenvalue weighted by atomic mass is 32.2. The van der Waals surface area contributed by atoms with Gasteiger partial charge in [0.15, 0.2) is 17.3 Å². The van der Waals surface area contributed by atoms with E-state index in [-0.39, 0.29) is 17.5 Å². The minimum Gasteiger partial charge on any atom is -0.454 e. The molecule has 1 aliphatic heterocycles. The Hall–Kier alpha value is -3.30. The molecule has 4 rings (SSSR count). The van der Waals surface area contributed by atoms with Gasteiger partial charge in [-0.05, 0) is 58.7 Å². The van der Waals surface area contributed by atoms with Gasteiger partial charge in [-0.2, -0.15) is 0 Å². The second-order valence-electron chi connectivity index (χ2n) is 7.94. The van der Waals surface area contributed by atoms with Crippen LogP contribution in [-0.4, -0.2) is 43.4 Å². The largest absolute Gasteiger partial charge is 0.454 e. The van der Waals surface area contributed by atoms with Crippen LogP contribution in [-0.2, 0) is 10.0 Å². The number of anilines is 2. The van der Waals surface area contributed by atoms with E-state index in [2.05, 4.69) is 0 Å². The Morgan fingerprint density at radius 1 is 0.812 bits per heavy atom. The number of nitrogens with zero attached hydrogens (tertiary/aromatic N) is 2. The lowest BCUT2D eigenvalue weighted by Gasteiger charge is -2.22. The summed E-state index contributed by atoms with van der Waals surface area (Å²) in [5.41, 5.74) is 4.01. The van der Waals surface area contributed by atoms with Gasteiger partial charge in [0.2, 0.25) is 16.8 Å². The second-order valence-corrected chi connectivity index (χ2v) is 9.50. The standard InChI is InChI=1S/C23H24FN3O4S/c1-26(2)19-9-15(10-20(23(19)24)27(3)4)18-12-22-21(30-13-31-22)11-17(18)14-5-7-16(8-6-14)32(25,28)29/h5-12H,13H2,1-4H3,(H2,25,28,29). The lowest BCUT2D eigenvalue weighted by molar-refractivity contribution is 0.174. The zero-order valence-corrected chi connectivity index (χ0v) is 19.0. The predicted molar refractivity (Wildman–Crippen MR) is 123 cm³/mol. The molecule has 3 aromatic carbocycles. The summed E-state index contributed by atoms with van der Waals surface area (Å²) in [6.07, 6.45) is 0. The van der Waals surface area contributed by atoms with Crippen molar-refractivity contribution in [2.24, 2.45) is 5.14 Å². The molecule has 0 aromatic heterocycles. The van der Waals surface area contributed by atoms with Crippen molar-refractivity contribution in [3.8, 4) is 33.8 Å². The third-order valence-corrected chi connectivity index (χ3v) is 6.24. The van der Waals surface area contributed by atoms with E-state index in [0.29, 0.717) is 22.9 Å². The number of sulfonamides is 1. The lowest BCUT2D eigenvalue weighted by Crippen LogP contribution is -2.16. The highest BCUT2D eigenvalue weighted by molar-refractivity contribution is 7.89. The molecule has 3 aromatic rings. The van der Waals surface area contributed by atoms with Gasteiger partial charge in [0.25, 0.3) is 0 Å². The molecule has 32 heavy (non-hydrogen) atoms. The quantitative estimate of drug-likeness (QED) is 0.629. The Bertz CT molecular complexity index is 1260. The summed E-state index contributed by atoms with van der Waals surface area (Å²) in [7, 11) is 3.34. The average Bonchev–Trinajstić information content (AvgIpc) is 3.19. The Labute approximate surface area is 186 Å². The molecule has 9 heteroatoms. The minimum atomic E-state index is -3.81. The molecule has 0 saturated carbocycles. The number of hydrogen-bond donors (Lipinski definition) is 1. The Balaban J connectivity index is 1.96. The molecule has 7 nitrogen and oxygen atoms in total. The molecule has 0 atom stereocenters. The van der Waals surface area contributed by atoms with E-state index in [9.17, 15) is 8.42 Å². The molecule has 0 aliphatic carbocycles. The summed E-state index contributed by atoms with van der Waals surface area (Å²) in [4.78, 5) is 3.47. The number of benzene rings is 3. The molecule has 0 fully saturated rings. The van der Waals surface area contributed by atoms with E-state index >= 15 is 4.39 Å². The van der Waals surface area contributed by atoms with Crippen molar-refractivity contribution >= 4 is 21.4 Å². The highest BCUT2D eigenvalue weighted by Crippen LogP contribution is 2.45. The van der Waals surface area contributed by atoms with Crippen LogP contribution in [0.15, 0.2) is 53.4 Å². The van der Waals surface area contributed by atoms with Gasteiger partial charge in [-0.3, -0.25) is 0 Å². The second kappa shape index (κ2) is 7.99. The van der Waals surface area contributed by atoms with E-state index in [0.717, 1.165) is 22.3 Å². The number of hydrogen-bond acceptors (Lipinski definition) is 6. The third-order valence-electron chi connectivity index (χ3n) is 5.32. The maximum absolute atomic E-state index is 15.1. The van der Waals surface area contributed by atoms with E-state index in [1.165, 1.54) is 12.1 Å². The van der Waals surface area contributed by atoms with Crippen molar-refractivity contribution in [2.75, 3.05) is 44.8 Å². The first-order valence-corrected chi connectivity index (χ1v) is 11.4. The maximum atomic E-state index is 15.1. The molecule has 1 heterocycles. The molecular formula is C23H24FN3O4S. The van der Waals surface area contributed by atoms with Crippen molar-refractivity contribution in [3.05, 3.63) is 54.3 Å². The summed E-state index contributed by atoms with van der Waals surface area (Å²) < 4.78 is 49.5. The fourth-order valence-corrected chi connectivity index (χ4v) is 4.16. The molecule has 0 bridgehead atoms. The zero-order chi connectivity index (χ0) is 23.2. The fraction of sp³-hybridized carbons (Fsp3) is 0.217. The molecule has 2 N–H and O–H groups in total. The van der Waals surface area contributed by atoms with Crippen LogP contribution in [0.25, 0.3) is 22.3 Å². The SMILES string of the molecule is CN(C)c1cc(-c2cc3c(cc2-c2ccc(S(N)(=O)=O)cc2)OCO3)cc(N(C)C)c1F. The first-order chi connectivity index (χ1) is 15.1. The van der Waals surface area contributed by atoms with Gasteiger partial charge in [-0.25, -0.2) is 17.9 Å². The lowest BCUT2D eigenvalue weighted by atomic mass is 9.93. The molecule has 0 unspecified atom stereocenters. The van der Waals surface area contributed by atoms with Crippen LogP contribution in [0.1, 0.15) is 0 Å². The first-order valence-electron chi connectivity index (χ1n) is 9.81. The van der Waals surface area contributed by atoms with Crippen molar-refractivity contribution in [3.63, 3.8) is 0 Å². The Kier molecular flexibility index (Phi) is 5.47. The van der Waals surface area contributed by atoms with Crippen LogP contribution in [0, 0.1) is 5.82 Å². The number of nitrogens with two attached hydrogens (primary N) is 1. The summed E-state index contributed by atoms with van der Waals surface area (Å²) in [5.74, 6) is 0.859. The van der Waals surface area contributed by atoms with Gasteiger partial charge >= 0.3 is 0 Å². The van der Waals surface area contributed by atoms with Crippen LogP contribution in [0.4, 0.5) is 15.8 Å². The maximum Gasteiger partial charge on any atom is 0.238 e. The monoisotopic (exact) mass is 457 g/mol. The van der Waals surface area contributed by atoms with Gasteiger partial charge in [0.05, 0.1) is 16.3 Å². The van der Waals surface area contributed by atoms with E-state index in [4.69, 9.17) is 14.6 Å². The Morgan fingerprint density at radius 3 is 1.72 bits per heavy atom. The number of halogens is 1. The predicted octanol–water partition coefficient (Wildman–Crippen LogP) is 3.67. The van der Waals surface area contributed by atoms with Gasteiger partial charge in [-0.1, -0.05) is 12.1 Å². The summed E-state index contributed by atoms with van der Waals surface area (Å²) in [5, 5.41) is 5.24. The molecule has 0 radical (unpaired) electrons. The van der Waals surface area contributed by atoms with Crippen molar-refractivity contribution in [1.29, 1.82) is 0 Å². The van der Waals surface area contributed by atoms with E-state index in [1.807, 2.05) is 12.1 Å². The van der Waals surface area contributed by atoms with Crippen molar-refractivity contribution in [1.82, 2.24) is 0 Å². The van der Waals surface area contributed by atoms with E-state index in [1.54, 1.807) is 62.3 Å². The molecule has 168 valence electrons. The minimum absolute atomic E-state index is 0.0233. The van der Waals surface area contributed by atoms with Gasteiger partial charge in [0.1, 0.15) is 0 Å². The highest BCUT2D eigenvalue weighted by Gasteiger charge is 2.22. The first kappa shape index (κ1) is 21.9. The molecule has 1 aliphatic rings.